The molecule has 0 saturated heterocycles. The number of carboxylic acid groups (broad SMARTS) is 1. The predicted molar refractivity (Wildman–Crippen MR) is 82.9 cm³/mol. The third-order valence-electron chi connectivity index (χ3n) is 3.15. The van der Waals surface area contributed by atoms with Crippen molar-refractivity contribution in [2.45, 2.75) is 13.5 Å². The molecule has 20 heavy (non-hydrogen) atoms. The molecule has 106 valence electrons. The van der Waals surface area contributed by atoms with Crippen LogP contribution in [0.1, 0.15) is 11.8 Å². The first-order valence-corrected chi connectivity index (χ1v) is 7.43. The summed E-state index contributed by atoms with van der Waals surface area (Å²) in [5.74, 6) is -1.08. The molecule has 2 aromatic rings. The lowest BCUT2D eigenvalue weighted by Crippen LogP contribution is -2.27. The lowest BCUT2D eigenvalue weighted by Gasteiger charge is -2.17. The quantitative estimate of drug-likeness (QED) is 0.884. The zero-order chi connectivity index (χ0) is 14.5. The fourth-order valence-electron chi connectivity index (χ4n) is 2.10. The van der Waals surface area contributed by atoms with E-state index in [1.54, 1.807) is 18.3 Å². The Hall–Kier alpha value is -1.65. The predicted octanol–water partition coefficient (Wildman–Crippen LogP) is 3.57. The molecule has 0 bridgehead atoms. The topological polar surface area (TPSA) is 40.5 Å². The molecule has 3 nitrogen and oxygen atoms in total. The second-order valence-electron chi connectivity index (χ2n) is 5.07. The second-order valence-corrected chi connectivity index (χ2v) is 6.24. The highest BCUT2D eigenvalue weighted by molar-refractivity contribution is 7.15. The van der Waals surface area contributed by atoms with Gasteiger partial charge in [0, 0.05) is 22.8 Å². The van der Waals surface area contributed by atoms with Crippen LogP contribution < -0.4 is 0 Å². The van der Waals surface area contributed by atoms with Gasteiger partial charge in [0.1, 0.15) is 0 Å². The summed E-state index contributed by atoms with van der Waals surface area (Å²) in [5.41, 5.74) is 1.23. The summed E-state index contributed by atoms with van der Waals surface area (Å²) in [6.07, 6.45) is 0. The molecule has 0 radical (unpaired) electrons. The lowest BCUT2D eigenvalue weighted by molar-refractivity contribution is -0.141. The SMILES string of the molecule is CC(CN(C)Cc1ccc(-c2ccccc2)s1)C(=O)O. The van der Waals surface area contributed by atoms with Crippen molar-refractivity contribution in [2.75, 3.05) is 13.6 Å². The van der Waals surface area contributed by atoms with Gasteiger partial charge in [0.2, 0.25) is 0 Å². The van der Waals surface area contributed by atoms with E-state index in [1.165, 1.54) is 15.3 Å². The van der Waals surface area contributed by atoms with Crippen LogP contribution in [0.3, 0.4) is 0 Å². The lowest BCUT2D eigenvalue weighted by atomic mass is 10.2. The van der Waals surface area contributed by atoms with Crippen molar-refractivity contribution < 1.29 is 9.90 Å². The van der Waals surface area contributed by atoms with Gasteiger partial charge in [-0.1, -0.05) is 37.3 Å². The number of rotatable bonds is 6. The molecule has 0 fully saturated rings. The monoisotopic (exact) mass is 289 g/mol. The summed E-state index contributed by atoms with van der Waals surface area (Å²) in [6.45, 7) is 3.09. The van der Waals surface area contributed by atoms with Crippen LogP contribution in [0.5, 0.6) is 0 Å². The summed E-state index contributed by atoms with van der Waals surface area (Å²) >= 11 is 1.76. The number of benzene rings is 1. The van der Waals surface area contributed by atoms with Crippen molar-refractivity contribution in [3.8, 4) is 10.4 Å². The smallest absolute Gasteiger partial charge is 0.307 e. The molecular weight excluding hydrogens is 270 g/mol. The van der Waals surface area contributed by atoms with Gasteiger partial charge < -0.3 is 10.0 Å². The minimum absolute atomic E-state index is 0.339. The highest BCUT2D eigenvalue weighted by atomic mass is 32.1. The van der Waals surface area contributed by atoms with Crippen molar-refractivity contribution in [2.24, 2.45) is 5.92 Å². The molecule has 0 aliphatic rings. The van der Waals surface area contributed by atoms with E-state index in [4.69, 9.17) is 5.11 Å². The van der Waals surface area contributed by atoms with Gasteiger partial charge in [0.05, 0.1) is 5.92 Å². The Morgan fingerprint density at radius 3 is 2.60 bits per heavy atom. The van der Waals surface area contributed by atoms with E-state index in [0.717, 1.165) is 6.54 Å². The maximum absolute atomic E-state index is 10.9. The fourth-order valence-corrected chi connectivity index (χ4v) is 3.19. The average Bonchev–Trinajstić information content (AvgIpc) is 2.88. The molecule has 1 N–H and O–H groups in total. The molecule has 1 aromatic heterocycles. The van der Waals surface area contributed by atoms with Crippen LogP contribution in [-0.4, -0.2) is 29.6 Å². The van der Waals surface area contributed by atoms with Crippen LogP contribution >= 0.6 is 11.3 Å². The molecule has 0 aliphatic heterocycles. The average molecular weight is 289 g/mol. The summed E-state index contributed by atoms with van der Waals surface area (Å²) in [6, 6.07) is 14.5. The van der Waals surface area contributed by atoms with Gasteiger partial charge in [0.25, 0.3) is 0 Å². The number of thiophene rings is 1. The van der Waals surface area contributed by atoms with Crippen LogP contribution in [0.2, 0.25) is 0 Å². The van der Waals surface area contributed by atoms with Crippen molar-refractivity contribution in [1.82, 2.24) is 4.90 Å². The molecule has 1 unspecified atom stereocenters. The molecule has 2 rings (SSSR count). The number of carboxylic acids is 1. The second kappa shape index (κ2) is 6.68. The molecule has 1 heterocycles. The minimum atomic E-state index is -0.743. The Labute approximate surface area is 123 Å². The fraction of sp³-hybridized carbons (Fsp3) is 0.312. The largest absolute Gasteiger partial charge is 0.481 e. The van der Waals surface area contributed by atoms with Crippen LogP contribution in [0, 0.1) is 5.92 Å². The number of hydrogen-bond donors (Lipinski definition) is 1. The van der Waals surface area contributed by atoms with Gasteiger partial charge >= 0.3 is 5.97 Å². The molecular formula is C16H19NO2S. The van der Waals surface area contributed by atoms with Crippen molar-refractivity contribution in [1.29, 1.82) is 0 Å². The number of aliphatic carboxylic acids is 1. The minimum Gasteiger partial charge on any atom is -0.481 e. The normalized spacial score (nSPS) is 12.6. The maximum Gasteiger partial charge on any atom is 0.307 e. The zero-order valence-corrected chi connectivity index (χ0v) is 12.6. The van der Waals surface area contributed by atoms with Gasteiger partial charge in [-0.3, -0.25) is 4.79 Å². The molecule has 4 heteroatoms. The highest BCUT2D eigenvalue weighted by Crippen LogP contribution is 2.28. The number of nitrogens with zero attached hydrogens (tertiary/aromatic N) is 1. The van der Waals surface area contributed by atoms with Gasteiger partial charge in [0.15, 0.2) is 0 Å². The van der Waals surface area contributed by atoms with E-state index in [0.29, 0.717) is 6.54 Å². The van der Waals surface area contributed by atoms with Crippen LogP contribution in [-0.2, 0) is 11.3 Å². The summed E-state index contributed by atoms with van der Waals surface area (Å²) in [5, 5.41) is 8.93. The Kier molecular flexibility index (Phi) is 4.93. The van der Waals surface area contributed by atoms with Gasteiger partial charge in [-0.2, -0.15) is 0 Å². The zero-order valence-electron chi connectivity index (χ0n) is 11.7. The maximum atomic E-state index is 10.9. The molecule has 0 spiro atoms. The van der Waals surface area contributed by atoms with Crippen molar-refractivity contribution in [3.63, 3.8) is 0 Å². The van der Waals surface area contributed by atoms with Crippen LogP contribution in [0.4, 0.5) is 0 Å². The van der Waals surface area contributed by atoms with Crippen molar-refractivity contribution >= 4 is 17.3 Å². The third-order valence-corrected chi connectivity index (χ3v) is 4.27. The van der Waals surface area contributed by atoms with Crippen LogP contribution in [0.25, 0.3) is 10.4 Å². The first kappa shape index (κ1) is 14.8. The Morgan fingerprint density at radius 2 is 1.95 bits per heavy atom. The number of carbonyl (C=O) groups is 1. The first-order chi connectivity index (χ1) is 9.56. The molecule has 1 aromatic carbocycles. The van der Waals surface area contributed by atoms with E-state index in [1.807, 2.05) is 25.2 Å². The van der Waals surface area contributed by atoms with Crippen LogP contribution in [0.15, 0.2) is 42.5 Å². The Morgan fingerprint density at radius 1 is 1.25 bits per heavy atom. The Balaban J connectivity index is 1.98. The molecule has 1 atom stereocenters. The van der Waals surface area contributed by atoms with E-state index in [-0.39, 0.29) is 5.92 Å². The van der Waals surface area contributed by atoms with E-state index in [2.05, 4.69) is 29.2 Å². The van der Waals surface area contributed by atoms with Crippen molar-refractivity contribution in [3.05, 3.63) is 47.3 Å². The molecule has 0 aliphatic carbocycles. The third kappa shape index (κ3) is 3.92. The van der Waals surface area contributed by atoms with E-state index in [9.17, 15) is 4.79 Å². The van der Waals surface area contributed by atoms with Gasteiger partial charge in [-0.25, -0.2) is 0 Å². The summed E-state index contributed by atoms with van der Waals surface area (Å²) in [4.78, 5) is 15.4. The molecule has 0 saturated carbocycles. The summed E-state index contributed by atoms with van der Waals surface area (Å²) < 4.78 is 0. The van der Waals surface area contributed by atoms with E-state index < -0.39 is 5.97 Å². The van der Waals surface area contributed by atoms with E-state index >= 15 is 0 Å². The van der Waals surface area contributed by atoms with Gasteiger partial charge in [-0.15, -0.1) is 11.3 Å². The standard InChI is InChI=1S/C16H19NO2S/c1-12(16(18)19)10-17(2)11-14-8-9-15(20-14)13-6-4-3-5-7-13/h3-9,12H,10-11H2,1-2H3,(H,18,19). The first-order valence-electron chi connectivity index (χ1n) is 6.61. The Bertz CT molecular complexity index is 565. The van der Waals surface area contributed by atoms with Gasteiger partial charge in [-0.05, 0) is 24.7 Å². The summed E-state index contributed by atoms with van der Waals surface area (Å²) in [7, 11) is 1.96. The molecule has 0 amide bonds. The number of hydrogen-bond acceptors (Lipinski definition) is 3. The highest BCUT2D eigenvalue weighted by Gasteiger charge is 2.14.